The van der Waals surface area contributed by atoms with Gasteiger partial charge in [-0.05, 0) is 17.5 Å². The highest BCUT2D eigenvalue weighted by Gasteiger charge is 2.32. The molecule has 0 amide bonds. The number of aliphatic hydroxyl groups excluding tert-OH is 1. The summed E-state index contributed by atoms with van der Waals surface area (Å²) in [5.74, 6) is 1.04. The van der Waals surface area contributed by atoms with Crippen LogP contribution >= 0.6 is 0 Å². The molecule has 0 bridgehead atoms. The summed E-state index contributed by atoms with van der Waals surface area (Å²) >= 11 is 0. The minimum Gasteiger partial charge on any atom is -0.386 e. The number of rotatable bonds is 2. The van der Waals surface area contributed by atoms with Gasteiger partial charge >= 0.3 is 0 Å². The average Bonchev–Trinajstić information content (AvgIpc) is 2.94. The number of aryl methyl sites for hydroxylation is 1. The van der Waals surface area contributed by atoms with Gasteiger partial charge in [-0.1, -0.05) is 31.2 Å². The fraction of sp³-hybridized carbons (Fsp3) is 0.357. The minimum atomic E-state index is -0.411. The van der Waals surface area contributed by atoms with Crippen molar-refractivity contribution in [3.05, 3.63) is 53.6 Å². The normalized spacial score (nSPS) is 22.7. The second-order valence-corrected chi connectivity index (χ2v) is 4.52. The predicted octanol–water partition coefficient (Wildman–Crippen LogP) is 2.28. The van der Waals surface area contributed by atoms with Crippen molar-refractivity contribution in [2.24, 2.45) is 0 Å². The first-order chi connectivity index (χ1) is 8.31. The summed E-state index contributed by atoms with van der Waals surface area (Å²) in [5.41, 5.74) is 2.31. The van der Waals surface area contributed by atoms with Gasteiger partial charge < -0.3 is 9.67 Å². The first-order valence-electron chi connectivity index (χ1n) is 6.09. The van der Waals surface area contributed by atoms with Crippen molar-refractivity contribution in [2.45, 2.75) is 31.9 Å². The Kier molecular flexibility index (Phi) is 2.48. The Morgan fingerprint density at radius 2 is 2.24 bits per heavy atom. The van der Waals surface area contributed by atoms with Crippen molar-refractivity contribution in [3.63, 3.8) is 0 Å². The van der Waals surface area contributed by atoms with Crippen LogP contribution in [-0.4, -0.2) is 14.7 Å². The molecule has 3 heteroatoms. The van der Waals surface area contributed by atoms with Crippen LogP contribution < -0.4 is 0 Å². The van der Waals surface area contributed by atoms with Crippen LogP contribution in [0, 0.1) is 0 Å². The SMILES string of the molecule is CCc1nccn1C1Cc2ccccc2C1O. The van der Waals surface area contributed by atoms with Gasteiger partial charge in [0.05, 0.1) is 6.04 Å². The molecule has 1 aromatic heterocycles. The zero-order valence-electron chi connectivity index (χ0n) is 9.87. The fourth-order valence-electron chi connectivity index (χ4n) is 2.72. The third-order valence-corrected chi connectivity index (χ3v) is 3.59. The Hall–Kier alpha value is -1.61. The summed E-state index contributed by atoms with van der Waals surface area (Å²) in [4.78, 5) is 4.33. The van der Waals surface area contributed by atoms with E-state index in [1.54, 1.807) is 0 Å². The van der Waals surface area contributed by atoms with Gasteiger partial charge in [0, 0.05) is 18.8 Å². The molecule has 0 fully saturated rings. The lowest BCUT2D eigenvalue weighted by Gasteiger charge is -2.19. The third-order valence-electron chi connectivity index (χ3n) is 3.59. The summed E-state index contributed by atoms with van der Waals surface area (Å²) in [5, 5.41) is 10.4. The molecule has 1 aliphatic carbocycles. The predicted molar refractivity (Wildman–Crippen MR) is 65.7 cm³/mol. The van der Waals surface area contributed by atoms with Gasteiger partial charge in [0.1, 0.15) is 11.9 Å². The zero-order chi connectivity index (χ0) is 11.8. The Bertz CT molecular complexity index is 533. The smallest absolute Gasteiger partial charge is 0.108 e. The number of hydrogen-bond donors (Lipinski definition) is 1. The Balaban J connectivity index is 1.99. The van der Waals surface area contributed by atoms with E-state index in [0.29, 0.717) is 0 Å². The van der Waals surface area contributed by atoms with E-state index in [1.165, 1.54) is 5.56 Å². The molecule has 17 heavy (non-hydrogen) atoms. The van der Waals surface area contributed by atoms with E-state index in [0.717, 1.165) is 24.2 Å². The van der Waals surface area contributed by atoms with Crippen molar-refractivity contribution in [1.82, 2.24) is 9.55 Å². The number of benzene rings is 1. The lowest BCUT2D eigenvalue weighted by atomic mass is 10.1. The quantitative estimate of drug-likeness (QED) is 0.856. The van der Waals surface area contributed by atoms with E-state index in [4.69, 9.17) is 0 Å². The highest BCUT2D eigenvalue weighted by molar-refractivity contribution is 5.35. The molecule has 0 saturated carbocycles. The summed E-state index contributed by atoms with van der Waals surface area (Å²) in [6.45, 7) is 2.09. The first kappa shape index (κ1) is 10.5. The second kappa shape index (κ2) is 4.00. The van der Waals surface area contributed by atoms with Gasteiger partial charge in [-0.15, -0.1) is 0 Å². The molecule has 88 valence electrons. The molecule has 0 saturated heterocycles. The van der Waals surface area contributed by atoms with Crippen LogP contribution in [-0.2, 0) is 12.8 Å². The summed E-state index contributed by atoms with van der Waals surface area (Å²) in [6.07, 6.45) is 5.16. The van der Waals surface area contributed by atoms with E-state index in [-0.39, 0.29) is 6.04 Å². The van der Waals surface area contributed by atoms with E-state index in [2.05, 4.69) is 22.5 Å². The molecule has 3 rings (SSSR count). The largest absolute Gasteiger partial charge is 0.386 e. The molecular weight excluding hydrogens is 212 g/mol. The molecule has 2 unspecified atom stereocenters. The number of hydrogen-bond acceptors (Lipinski definition) is 2. The molecule has 0 spiro atoms. The van der Waals surface area contributed by atoms with Crippen molar-refractivity contribution in [3.8, 4) is 0 Å². The molecule has 2 aromatic rings. The lowest BCUT2D eigenvalue weighted by molar-refractivity contribution is 0.126. The molecule has 0 radical (unpaired) electrons. The summed E-state index contributed by atoms with van der Waals surface area (Å²) in [7, 11) is 0. The number of aliphatic hydroxyl groups is 1. The van der Waals surface area contributed by atoms with Crippen LogP contribution in [0.5, 0.6) is 0 Å². The van der Waals surface area contributed by atoms with Crippen molar-refractivity contribution in [2.75, 3.05) is 0 Å². The third kappa shape index (κ3) is 1.58. The van der Waals surface area contributed by atoms with E-state index < -0.39 is 6.10 Å². The molecular formula is C14H16N2O. The highest BCUT2D eigenvalue weighted by Crippen LogP contribution is 2.39. The van der Waals surface area contributed by atoms with Crippen molar-refractivity contribution >= 4 is 0 Å². The van der Waals surface area contributed by atoms with Gasteiger partial charge in [0.2, 0.25) is 0 Å². The molecule has 1 heterocycles. The highest BCUT2D eigenvalue weighted by atomic mass is 16.3. The second-order valence-electron chi connectivity index (χ2n) is 4.52. The van der Waals surface area contributed by atoms with Gasteiger partial charge in [-0.2, -0.15) is 0 Å². The summed E-state index contributed by atoms with van der Waals surface area (Å²) < 4.78 is 2.12. The maximum atomic E-state index is 10.4. The number of fused-ring (bicyclic) bond motifs is 1. The molecule has 1 N–H and O–H groups in total. The molecule has 0 aliphatic heterocycles. The minimum absolute atomic E-state index is 0.102. The molecule has 3 nitrogen and oxygen atoms in total. The average molecular weight is 228 g/mol. The fourth-order valence-corrected chi connectivity index (χ4v) is 2.72. The van der Waals surface area contributed by atoms with Crippen molar-refractivity contribution in [1.29, 1.82) is 0 Å². The Morgan fingerprint density at radius 3 is 3.00 bits per heavy atom. The van der Waals surface area contributed by atoms with Crippen LogP contribution in [0.4, 0.5) is 0 Å². The van der Waals surface area contributed by atoms with E-state index in [9.17, 15) is 5.11 Å². The Labute approximate surface area is 101 Å². The van der Waals surface area contributed by atoms with Crippen molar-refractivity contribution < 1.29 is 5.11 Å². The number of imidazole rings is 1. The number of aromatic nitrogens is 2. The first-order valence-corrected chi connectivity index (χ1v) is 6.09. The van der Waals surface area contributed by atoms with Gasteiger partial charge in [-0.25, -0.2) is 4.98 Å². The topological polar surface area (TPSA) is 38.0 Å². The molecule has 1 aliphatic rings. The van der Waals surface area contributed by atoms with E-state index in [1.807, 2.05) is 30.6 Å². The maximum absolute atomic E-state index is 10.4. The van der Waals surface area contributed by atoms with Crippen LogP contribution in [0.3, 0.4) is 0 Å². The van der Waals surface area contributed by atoms with Gasteiger partial charge in [0.15, 0.2) is 0 Å². The maximum Gasteiger partial charge on any atom is 0.108 e. The standard InChI is InChI=1S/C14H16N2O/c1-2-13-15-7-8-16(13)12-9-10-5-3-4-6-11(10)14(12)17/h3-8,12,14,17H,2,9H2,1H3. The number of nitrogens with zero attached hydrogens (tertiary/aromatic N) is 2. The van der Waals surface area contributed by atoms with E-state index >= 15 is 0 Å². The molecule has 2 atom stereocenters. The lowest BCUT2D eigenvalue weighted by Crippen LogP contribution is -2.15. The molecule has 1 aromatic carbocycles. The van der Waals surface area contributed by atoms with Crippen LogP contribution in [0.25, 0.3) is 0 Å². The van der Waals surface area contributed by atoms with Crippen LogP contribution in [0.15, 0.2) is 36.7 Å². The zero-order valence-corrected chi connectivity index (χ0v) is 9.87. The monoisotopic (exact) mass is 228 g/mol. The van der Waals surface area contributed by atoms with Crippen LogP contribution in [0.2, 0.25) is 0 Å². The Morgan fingerprint density at radius 1 is 1.41 bits per heavy atom. The van der Waals surface area contributed by atoms with Gasteiger partial charge in [-0.3, -0.25) is 0 Å². The summed E-state index contributed by atoms with van der Waals surface area (Å²) in [6, 6.07) is 8.23. The van der Waals surface area contributed by atoms with Gasteiger partial charge in [0.25, 0.3) is 0 Å². The van der Waals surface area contributed by atoms with Crippen LogP contribution in [0.1, 0.15) is 36.0 Å².